The summed E-state index contributed by atoms with van der Waals surface area (Å²) in [6.45, 7) is 19.8. The zero-order valence-corrected chi connectivity index (χ0v) is 21.5. The fraction of sp³-hybridized carbons (Fsp3) is 1.00. The van der Waals surface area contributed by atoms with Crippen molar-refractivity contribution in [1.29, 1.82) is 0 Å². The molecule has 5 rings (SSSR count). The molecule has 3 heteroatoms. The van der Waals surface area contributed by atoms with Crippen molar-refractivity contribution in [2.75, 3.05) is 6.61 Å². The molecular weight excluding hydrogens is 384 g/mol. The van der Waals surface area contributed by atoms with E-state index < -0.39 is 0 Å². The van der Waals surface area contributed by atoms with Crippen LogP contribution in [0.1, 0.15) is 100 Å². The molecule has 0 aromatic carbocycles. The third-order valence-corrected chi connectivity index (χ3v) is 11.1. The zero-order valence-electron chi connectivity index (χ0n) is 21.5. The topological polar surface area (TPSA) is 38.7 Å². The van der Waals surface area contributed by atoms with Gasteiger partial charge in [0.05, 0.1) is 31.0 Å². The van der Waals surface area contributed by atoms with Gasteiger partial charge in [-0.15, -0.1) is 0 Å². The fourth-order valence-corrected chi connectivity index (χ4v) is 9.46. The van der Waals surface area contributed by atoms with Crippen molar-refractivity contribution in [1.82, 2.24) is 0 Å². The molecule has 1 unspecified atom stereocenters. The van der Waals surface area contributed by atoms with Crippen LogP contribution in [0.4, 0.5) is 0 Å². The highest BCUT2D eigenvalue weighted by molar-refractivity contribution is 5.19. The molecule has 31 heavy (non-hydrogen) atoms. The van der Waals surface area contributed by atoms with Crippen molar-refractivity contribution in [3.63, 3.8) is 0 Å². The van der Waals surface area contributed by atoms with Gasteiger partial charge < -0.3 is 14.6 Å². The minimum absolute atomic E-state index is 0.00946. The second-order valence-corrected chi connectivity index (χ2v) is 15.0. The molecule has 2 bridgehead atoms. The van der Waals surface area contributed by atoms with Crippen molar-refractivity contribution < 1.29 is 14.6 Å². The summed E-state index contributed by atoms with van der Waals surface area (Å²) in [5, 5.41) is 11.6. The van der Waals surface area contributed by atoms with Crippen LogP contribution in [0.25, 0.3) is 0 Å². The molecule has 5 fully saturated rings. The zero-order chi connectivity index (χ0) is 22.6. The molecule has 5 aliphatic carbocycles. The number of hydrogen-bond acceptors (Lipinski definition) is 3. The van der Waals surface area contributed by atoms with Crippen LogP contribution in [-0.4, -0.2) is 36.1 Å². The average Bonchev–Trinajstić information content (AvgIpc) is 3.31. The van der Waals surface area contributed by atoms with Crippen LogP contribution in [0.3, 0.4) is 0 Å². The number of hydrogen-bond donors (Lipinski definition) is 1. The van der Waals surface area contributed by atoms with Crippen molar-refractivity contribution in [2.24, 2.45) is 44.8 Å². The number of rotatable bonds is 4. The maximum Gasteiger partial charge on any atom is 0.0903 e. The summed E-state index contributed by atoms with van der Waals surface area (Å²) >= 11 is 0. The van der Waals surface area contributed by atoms with E-state index in [2.05, 4.69) is 55.4 Å². The Bertz CT molecular complexity index is 720. The maximum atomic E-state index is 11.6. The first kappa shape index (κ1) is 22.7. The molecule has 5 aliphatic rings. The van der Waals surface area contributed by atoms with Crippen molar-refractivity contribution >= 4 is 0 Å². The molecule has 5 saturated carbocycles. The van der Waals surface area contributed by atoms with Crippen LogP contribution in [0.15, 0.2) is 0 Å². The third-order valence-electron chi connectivity index (χ3n) is 11.1. The summed E-state index contributed by atoms with van der Waals surface area (Å²) in [4.78, 5) is 0. The molecule has 0 aromatic rings. The highest BCUT2D eigenvalue weighted by Gasteiger charge is 2.71. The molecule has 9 atom stereocenters. The van der Waals surface area contributed by atoms with Crippen LogP contribution in [0.5, 0.6) is 0 Å². The Balaban J connectivity index is 1.45. The van der Waals surface area contributed by atoms with Gasteiger partial charge in [0.1, 0.15) is 0 Å². The fourth-order valence-electron chi connectivity index (χ4n) is 9.46. The van der Waals surface area contributed by atoms with E-state index in [1.807, 2.05) is 0 Å². The van der Waals surface area contributed by atoms with E-state index in [0.717, 1.165) is 6.61 Å². The van der Waals surface area contributed by atoms with Gasteiger partial charge in [-0.2, -0.15) is 0 Å². The molecule has 1 N–H and O–H groups in total. The molecule has 1 spiro atoms. The summed E-state index contributed by atoms with van der Waals surface area (Å²) in [7, 11) is 0. The van der Waals surface area contributed by atoms with E-state index >= 15 is 0 Å². The van der Waals surface area contributed by atoms with Crippen molar-refractivity contribution in [2.45, 2.75) is 125 Å². The summed E-state index contributed by atoms with van der Waals surface area (Å²) < 4.78 is 13.9. The van der Waals surface area contributed by atoms with Crippen LogP contribution < -0.4 is 0 Å². The van der Waals surface area contributed by atoms with E-state index in [1.165, 1.54) is 44.9 Å². The van der Waals surface area contributed by atoms with Crippen LogP contribution in [0.2, 0.25) is 0 Å². The highest BCUT2D eigenvalue weighted by atomic mass is 16.6. The lowest BCUT2D eigenvalue weighted by Gasteiger charge is -2.43. The average molecular weight is 433 g/mol. The van der Waals surface area contributed by atoms with Crippen LogP contribution in [-0.2, 0) is 9.47 Å². The lowest BCUT2D eigenvalue weighted by molar-refractivity contribution is -0.180. The lowest BCUT2D eigenvalue weighted by atomic mass is 9.70. The Morgan fingerprint density at radius 1 is 0.903 bits per heavy atom. The van der Waals surface area contributed by atoms with Gasteiger partial charge in [-0.3, -0.25) is 0 Å². The van der Waals surface area contributed by atoms with Crippen LogP contribution in [0, 0.1) is 44.8 Å². The van der Waals surface area contributed by atoms with Gasteiger partial charge in [0.25, 0.3) is 0 Å². The lowest BCUT2D eigenvalue weighted by Crippen LogP contribution is -2.48. The van der Waals surface area contributed by atoms with Gasteiger partial charge in [0.2, 0.25) is 0 Å². The first-order valence-electron chi connectivity index (χ1n) is 13.2. The SMILES string of the molecule is CC(C)(C)CO[C@@H]1[C@H]2CC[C@@](C)([C@@H]1O[C@H]1C(O)[C@@H]3CCC[C@@]34CC(C)(C)C[C@@H]14)C2(C)C. The van der Waals surface area contributed by atoms with Gasteiger partial charge in [-0.1, -0.05) is 61.8 Å². The Kier molecular flexibility index (Phi) is 4.92. The van der Waals surface area contributed by atoms with Crippen molar-refractivity contribution in [3.8, 4) is 0 Å². The molecule has 178 valence electrons. The van der Waals surface area contributed by atoms with E-state index in [9.17, 15) is 5.11 Å². The molecule has 0 radical (unpaired) electrons. The van der Waals surface area contributed by atoms with Gasteiger partial charge >= 0.3 is 0 Å². The van der Waals surface area contributed by atoms with Gasteiger partial charge in [-0.25, -0.2) is 0 Å². The highest BCUT2D eigenvalue weighted by Crippen LogP contribution is 2.71. The normalized spacial score (nSPS) is 52.0. The van der Waals surface area contributed by atoms with Crippen LogP contribution >= 0.6 is 0 Å². The van der Waals surface area contributed by atoms with Gasteiger partial charge in [-0.05, 0) is 77.9 Å². The summed E-state index contributed by atoms with van der Waals surface area (Å²) in [5.74, 6) is 1.51. The quantitative estimate of drug-likeness (QED) is 0.573. The van der Waals surface area contributed by atoms with E-state index in [-0.39, 0.29) is 40.7 Å². The number of fused-ring (bicyclic) bond motifs is 2. The first-order valence-corrected chi connectivity index (χ1v) is 13.2. The van der Waals surface area contributed by atoms with E-state index in [1.54, 1.807) is 0 Å². The van der Waals surface area contributed by atoms with Gasteiger partial charge in [0.15, 0.2) is 0 Å². The summed E-state index contributed by atoms with van der Waals surface area (Å²) in [5.41, 5.74) is 1.18. The Hall–Kier alpha value is -0.120. The Morgan fingerprint density at radius 2 is 1.61 bits per heavy atom. The Labute approximate surface area is 191 Å². The molecule has 0 amide bonds. The summed E-state index contributed by atoms with van der Waals surface area (Å²) in [6.07, 6.45) is 8.66. The number of ether oxygens (including phenoxy) is 2. The predicted molar refractivity (Wildman–Crippen MR) is 125 cm³/mol. The summed E-state index contributed by atoms with van der Waals surface area (Å²) in [6, 6.07) is 0. The molecule has 3 nitrogen and oxygen atoms in total. The van der Waals surface area contributed by atoms with E-state index in [0.29, 0.717) is 28.6 Å². The molecule has 0 aliphatic heterocycles. The Morgan fingerprint density at radius 3 is 2.29 bits per heavy atom. The molecule has 0 heterocycles. The largest absolute Gasteiger partial charge is 0.390 e. The number of aliphatic hydroxyl groups is 1. The molecular formula is C28H48O3. The minimum Gasteiger partial charge on any atom is -0.390 e. The minimum atomic E-state index is -0.294. The smallest absolute Gasteiger partial charge is 0.0903 e. The predicted octanol–water partition coefficient (Wildman–Crippen LogP) is 6.22. The second-order valence-electron chi connectivity index (χ2n) is 15.0. The standard InChI is InChI=1S/C28H48O3/c1-24(2,3)16-30-22-18-11-13-27(8,26(18,6)7)23(22)31-21-19-14-25(4,5)15-28(19)12-9-10-17(28)20(21)29/h17-23,29H,9-16H2,1-8H3/t17-,18+,19-,20?,21+,22+,23+,27-,28+/m0/s1. The third kappa shape index (κ3) is 3.08. The van der Waals surface area contributed by atoms with Gasteiger partial charge in [0, 0.05) is 5.41 Å². The second kappa shape index (κ2) is 6.72. The number of aliphatic hydroxyl groups excluding tert-OH is 1. The van der Waals surface area contributed by atoms with E-state index in [4.69, 9.17) is 9.47 Å². The maximum absolute atomic E-state index is 11.6. The first-order chi connectivity index (χ1) is 14.2. The molecule has 0 saturated heterocycles. The molecule has 0 aromatic heterocycles. The monoisotopic (exact) mass is 432 g/mol. The van der Waals surface area contributed by atoms with Crippen molar-refractivity contribution in [3.05, 3.63) is 0 Å².